The van der Waals surface area contributed by atoms with Gasteiger partial charge in [0.05, 0.1) is 6.61 Å². The molecule has 0 atom stereocenters. The number of anilines is 1. The van der Waals surface area contributed by atoms with Gasteiger partial charge in [-0.15, -0.1) is 0 Å². The van der Waals surface area contributed by atoms with Crippen LogP contribution in [0.5, 0.6) is 0 Å². The Labute approximate surface area is 108 Å². The van der Waals surface area contributed by atoms with E-state index < -0.39 is 0 Å². The van der Waals surface area contributed by atoms with Crippen LogP contribution in [0, 0.1) is 0 Å². The highest BCUT2D eigenvalue weighted by Gasteiger charge is 2.34. The number of ether oxygens (including phenoxy) is 1. The number of benzene rings is 1. The predicted molar refractivity (Wildman–Crippen MR) is 71.2 cm³/mol. The second kappa shape index (κ2) is 5.50. The molecule has 0 spiro atoms. The largest absolute Gasteiger partial charge is 0.380 e. The van der Waals surface area contributed by atoms with E-state index in [4.69, 9.17) is 10.5 Å². The number of amides is 1. The van der Waals surface area contributed by atoms with Crippen molar-refractivity contribution < 1.29 is 9.53 Å². The van der Waals surface area contributed by atoms with Gasteiger partial charge in [0, 0.05) is 24.8 Å². The van der Waals surface area contributed by atoms with Crippen molar-refractivity contribution in [3.05, 3.63) is 29.8 Å². The molecular weight excluding hydrogens is 228 g/mol. The lowest BCUT2D eigenvalue weighted by Gasteiger charge is -2.37. The van der Waals surface area contributed by atoms with Gasteiger partial charge in [0.1, 0.15) is 0 Å². The van der Waals surface area contributed by atoms with Crippen LogP contribution in [0.1, 0.15) is 31.2 Å². The van der Waals surface area contributed by atoms with Gasteiger partial charge in [0.15, 0.2) is 0 Å². The number of nitrogens with one attached hydrogen (secondary N) is 1. The molecule has 3 N–H and O–H groups in total. The van der Waals surface area contributed by atoms with Crippen molar-refractivity contribution in [2.75, 3.05) is 12.4 Å². The molecule has 0 unspecified atom stereocenters. The number of nitrogens with two attached hydrogens (primary N) is 1. The predicted octanol–water partition coefficient (Wildman–Crippen LogP) is 2.04. The van der Waals surface area contributed by atoms with Crippen molar-refractivity contribution in [2.24, 2.45) is 5.73 Å². The first-order valence-corrected chi connectivity index (χ1v) is 6.28. The smallest absolute Gasteiger partial charge is 0.226 e. The van der Waals surface area contributed by atoms with Gasteiger partial charge in [-0.05, 0) is 37.0 Å². The minimum absolute atomic E-state index is 0.00762. The van der Waals surface area contributed by atoms with Crippen LogP contribution in [-0.4, -0.2) is 18.6 Å². The zero-order chi connectivity index (χ0) is 13.0. The molecule has 18 heavy (non-hydrogen) atoms. The summed E-state index contributed by atoms with van der Waals surface area (Å²) in [6.45, 7) is 0.546. The molecular formula is C14H20N2O2. The first-order valence-electron chi connectivity index (χ1n) is 6.28. The number of rotatable bonds is 5. The summed E-state index contributed by atoms with van der Waals surface area (Å²) in [6, 6.07) is 7.67. The normalized spacial score (nSPS) is 17.0. The molecule has 1 aromatic rings. The van der Waals surface area contributed by atoms with Crippen molar-refractivity contribution >= 4 is 11.6 Å². The summed E-state index contributed by atoms with van der Waals surface area (Å²) in [6.07, 6.45) is 3.43. The molecule has 4 nitrogen and oxygen atoms in total. The van der Waals surface area contributed by atoms with Crippen molar-refractivity contribution in [2.45, 2.75) is 37.8 Å². The van der Waals surface area contributed by atoms with E-state index in [2.05, 4.69) is 5.32 Å². The van der Waals surface area contributed by atoms with Gasteiger partial charge < -0.3 is 15.8 Å². The monoisotopic (exact) mass is 248 g/mol. The zero-order valence-corrected chi connectivity index (χ0v) is 10.7. The molecule has 1 amide bonds. The maximum Gasteiger partial charge on any atom is 0.226 e. The lowest BCUT2D eigenvalue weighted by Crippen LogP contribution is -2.48. The Bertz CT molecular complexity index is 428. The number of carbonyl (C=O) groups is 1. The average molecular weight is 248 g/mol. The molecule has 1 aliphatic carbocycles. The highest BCUT2D eigenvalue weighted by molar-refractivity contribution is 5.91. The summed E-state index contributed by atoms with van der Waals surface area (Å²) in [5.74, 6) is -0.00762. The van der Waals surface area contributed by atoms with E-state index in [1.807, 2.05) is 24.3 Å². The molecule has 1 aromatic carbocycles. The van der Waals surface area contributed by atoms with Gasteiger partial charge in [-0.25, -0.2) is 0 Å². The Hall–Kier alpha value is -1.39. The molecule has 1 saturated carbocycles. The number of methoxy groups -OCH3 is 1. The second-order valence-electron chi connectivity index (χ2n) is 5.07. The third-order valence-corrected chi connectivity index (χ3v) is 3.38. The fourth-order valence-corrected chi connectivity index (χ4v) is 2.24. The molecule has 4 heteroatoms. The molecule has 0 radical (unpaired) electrons. The van der Waals surface area contributed by atoms with E-state index >= 15 is 0 Å². The quantitative estimate of drug-likeness (QED) is 0.838. The fraction of sp³-hybridized carbons (Fsp3) is 0.500. The number of carbonyl (C=O) groups excluding carboxylic acids is 1. The molecule has 0 bridgehead atoms. The van der Waals surface area contributed by atoms with E-state index in [0.29, 0.717) is 13.0 Å². The standard InChI is InChI=1S/C14H20N2O2/c1-18-10-11-4-2-5-12(8-11)16-13(17)9-14(15)6-3-7-14/h2,4-5,8H,3,6-7,9-10,15H2,1H3,(H,16,17). The maximum atomic E-state index is 11.9. The topological polar surface area (TPSA) is 64.3 Å². The van der Waals surface area contributed by atoms with Crippen molar-refractivity contribution in [3.8, 4) is 0 Å². The molecule has 0 saturated heterocycles. The third kappa shape index (κ3) is 3.31. The minimum Gasteiger partial charge on any atom is -0.380 e. The van der Waals surface area contributed by atoms with Crippen molar-refractivity contribution in [3.63, 3.8) is 0 Å². The summed E-state index contributed by atoms with van der Waals surface area (Å²) < 4.78 is 5.06. The Kier molecular flexibility index (Phi) is 3.99. The summed E-state index contributed by atoms with van der Waals surface area (Å²) >= 11 is 0. The van der Waals surface area contributed by atoms with Crippen molar-refractivity contribution in [1.82, 2.24) is 0 Å². The third-order valence-electron chi connectivity index (χ3n) is 3.38. The van der Waals surface area contributed by atoms with Crippen LogP contribution < -0.4 is 11.1 Å². The molecule has 0 aromatic heterocycles. The van der Waals surface area contributed by atoms with E-state index in [1.54, 1.807) is 7.11 Å². The number of hydrogen-bond donors (Lipinski definition) is 2. The van der Waals surface area contributed by atoms with E-state index in [0.717, 1.165) is 30.5 Å². The van der Waals surface area contributed by atoms with Gasteiger partial charge >= 0.3 is 0 Å². The van der Waals surface area contributed by atoms with Crippen LogP contribution >= 0.6 is 0 Å². The maximum absolute atomic E-state index is 11.9. The second-order valence-corrected chi connectivity index (χ2v) is 5.07. The van der Waals surface area contributed by atoms with Crippen LogP contribution in [0.25, 0.3) is 0 Å². The summed E-state index contributed by atoms with van der Waals surface area (Å²) in [7, 11) is 1.65. The Morgan fingerprint density at radius 1 is 1.50 bits per heavy atom. The summed E-state index contributed by atoms with van der Waals surface area (Å²) in [5.41, 5.74) is 7.63. The summed E-state index contributed by atoms with van der Waals surface area (Å²) in [4.78, 5) is 11.9. The fourth-order valence-electron chi connectivity index (χ4n) is 2.24. The Morgan fingerprint density at radius 2 is 2.28 bits per heavy atom. The first kappa shape index (κ1) is 13.1. The lowest BCUT2D eigenvalue weighted by molar-refractivity contribution is -0.118. The van der Waals surface area contributed by atoms with Crippen molar-refractivity contribution in [1.29, 1.82) is 0 Å². The Balaban J connectivity index is 1.91. The van der Waals surface area contributed by atoms with E-state index in [9.17, 15) is 4.79 Å². The van der Waals surface area contributed by atoms with E-state index in [1.165, 1.54) is 0 Å². The average Bonchev–Trinajstić information content (AvgIpc) is 2.27. The highest BCUT2D eigenvalue weighted by Crippen LogP contribution is 2.32. The molecule has 2 rings (SSSR count). The summed E-state index contributed by atoms with van der Waals surface area (Å²) in [5, 5.41) is 2.89. The zero-order valence-electron chi connectivity index (χ0n) is 10.7. The molecule has 0 heterocycles. The van der Waals surface area contributed by atoms with Crippen LogP contribution in [0.3, 0.4) is 0 Å². The molecule has 1 aliphatic rings. The van der Waals surface area contributed by atoms with Gasteiger partial charge in [-0.2, -0.15) is 0 Å². The van der Waals surface area contributed by atoms with Gasteiger partial charge in [-0.3, -0.25) is 4.79 Å². The molecule has 1 fully saturated rings. The Morgan fingerprint density at radius 3 is 2.89 bits per heavy atom. The van der Waals surface area contributed by atoms with Crippen LogP contribution in [0.15, 0.2) is 24.3 Å². The van der Waals surface area contributed by atoms with Gasteiger partial charge in [0.25, 0.3) is 0 Å². The van der Waals surface area contributed by atoms with Crippen LogP contribution in [0.2, 0.25) is 0 Å². The minimum atomic E-state index is -0.270. The molecule has 98 valence electrons. The molecule has 0 aliphatic heterocycles. The lowest BCUT2D eigenvalue weighted by atomic mass is 9.75. The van der Waals surface area contributed by atoms with Crippen LogP contribution in [-0.2, 0) is 16.1 Å². The van der Waals surface area contributed by atoms with Gasteiger partial charge in [-0.1, -0.05) is 12.1 Å². The van der Waals surface area contributed by atoms with Crippen LogP contribution in [0.4, 0.5) is 5.69 Å². The van der Waals surface area contributed by atoms with E-state index in [-0.39, 0.29) is 11.4 Å². The highest BCUT2D eigenvalue weighted by atomic mass is 16.5. The number of hydrogen-bond acceptors (Lipinski definition) is 3. The van der Waals surface area contributed by atoms with Gasteiger partial charge in [0.2, 0.25) is 5.91 Å². The SMILES string of the molecule is COCc1cccc(NC(=O)CC2(N)CCC2)c1. The first-order chi connectivity index (χ1) is 8.61.